The first kappa shape index (κ1) is 15.1. The van der Waals surface area contributed by atoms with Crippen molar-refractivity contribution in [2.24, 2.45) is 5.73 Å². The average molecular weight is 309 g/mol. The van der Waals surface area contributed by atoms with Crippen LogP contribution >= 0.6 is 11.6 Å². The molecule has 2 aromatic rings. The number of primary amides is 1. The molecule has 0 radical (unpaired) electrons. The van der Waals surface area contributed by atoms with Crippen LogP contribution in [-0.2, 0) is 4.79 Å². The molecule has 4 nitrogen and oxygen atoms in total. The molecule has 3 N–H and O–H groups in total. The molecule has 0 fully saturated rings. The van der Waals surface area contributed by atoms with Crippen LogP contribution in [0.1, 0.15) is 11.6 Å². The minimum absolute atomic E-state index is 0.0108. The molecule has 1 amide bonds. The van der Waals surface area contributed by atoms with Gasteiger partial charge in [0.05, 0.1) is 12.1 Å². The highest BCUT2D eigenvalue weighted by Gasteiger charge is 2.19. The molecule has 0 aliphatic rings. The number of hydrogen-bond acceptors (Lipinski definition) is 3. The molecule has 1 unspecified atom stereocenters. The average Bonchev–Trinajstić information content (AvgIpc) is 2.47. The van der Waals surface area contributed by atoms with Gasteiger partial charge in [-0.15, -0.1) is 0 Å². The topological polar surface area (TPSA) is 64.3 Å². The summed E-state index contributed by atoms with van der Waals surface area (Å²) in [5.41, 5.74) is 6.42. The van der Waals surface area contributed by atoms with Gasteiger partial charge in [-0.2, -0.15) is 0 Å². The summed E-state index contributed by atoms with van der Waals surface area (Å²) >= 11 is 5.64. The lowest BCUT2D eigenvalue weighted by atomic mass is 10.1. The van der Waals surface area contributed by atoms with Crippen LogP contribution in [0.3, 0.4) is 0 Å². The van der Waals surface area contributed by atoms with Crippen LogP contribution in [0.2, 0.25) is 5.02 Å². The standard InChI is InChI=1S/C15H14ClFN2O2/c1-21-11-4-2-3-10(8-11)19-14(15(18)20)9-5-6-12(16)13(17)7-9/h2-8,14,19H,1H3,(H2,18,20). The van der Waals surface area contributed by atoms with Gasteiger partial charge in [-0.05, 0) is 29.8 Å². The van der Waals surface area contributed by atoms with Gasteiger partial charge in [-0.25, -0.2) is 4.39 Å². The maximum absolute atomic E-state index is 13.5. The third-order valence-electron chi connectivity index (χ3n) is 2.94. The Labute approximate surface area is 126 Å². The summed E-state index contributed by atoms with van der Waals surface area (Å²) < 4.78 is 18.6. The number of halogens is 2. The van der Waals surface area contributed by atoms with Crippen molar-refractivity contribution in [2.75, 3.05) is 12.4 Å². The lowest BCUT2D eigenvalue weighted by Crippen LogP contribution is -2.27. The largest absolute Gasteiger partial charge is 0.497 e. The molecular formula is C15H14ClFN2O2. The quantitative estimate of drug-likeness (QED) is 0.892. The number of carbonyl (C=O) groups excluding carboxylic acids is 1. The summed E-state index contributed by atoms with van der Waals surface area (Å²) in [6.07, 6.45) is 0. The number of methoxy groups -OCH3 is 1. The Morgan fingerprint density at radius 3 is 2.71 bits per heavy atom. The number of ether oxygens (including phenoxy) is 1. The van der Waals surface area contributed by atoms with Gasteiger partial charge in [-0.1, -0.05) is 23.7 Å². The van der Waals surface area contributed by atoms with Crippen molar-refractivity contribution in [2.45, 2.75) is 6.04 Å². The van der Waals surface area contributed by atoms with Crippen molar-refractivity contribution in [3.05, 3.63) is 58.9 Å². The smallest absolute Gasteiger partial charge is 0.244 e. The highest BCUT2D eigenvalue weighted by atomic mass is 35.5. The van der Waals surface area contributed by atoms with E-state index in [9.17, 15) is 9.18 Å². The van der Waals surface area contributed by atoms with Gasteiger partial charge in [0, 0.05) is 11.8 Å². The van der Waals surface area contributed by atoms with E-state index in [1.807, 2.05) is 0 Å². The van der Waals surface area contributed by atoms with Gasteiger partial charge in [-0.3, -0.25) is 4.79 Å². The van der Waals surface area contributed by atoms with E-state index in [0.29, 0.717) is 17.0 Å². The van der Waals surface area contributed by atoms with Crippen molar-refractivity contribution >= 4 is 23.2 Å². The fourth-order valence-electron chi connectivity index (χ4n) is 1.89. The minimum atomic E-state index is -0.871. The van der Waals surface area contributed by atoms with Gasteiger partial charge in [0.1, 0.15) is 17.6 Å². The molecule has 0 bridgehead atoms. The fraction of sp³-hybridized carbons (Fsp3) is 0.133. The first-order valence-corrected chi connectivity index (χ1v) is 6.54. The molecular weight excluding hydrogens is 295 g/mol. The molecule has 110 valence electrons. The zero-order chi connectivity index (χ0) is 15.4. The molecule has 0 aromatic heterocycles. The summed E-state index contributed by atoms with van der Waals surface area (Å²) in [5, 5.41) is 2.94. The highest BCUT2D eigenvalue weighted by molar-refractivity contribution is 6.30. The normalized spacial score (nSPS) is 11.8. The Morgan fingerprint density at radius 2 is 2.10 bits per heavy atom. The van der Waals surface area contributed by atoms with Crippen LogP contribution in [0.25, 0.3) is 0 Å². The SMILES string of the molecule is COc1cccc(NC(C(N)=O)c2ccc(Cl)c(F)c2)c1. The Kier molecular flexibility index (Phi) is 4.65. The molecule has 1 atom stereocenters. The lowest BCUT2D eigenvalue weighted by Gasteiger charge is -2.18. The number of rotatable bonds is 5. The van der Waals surface area contributed by atoms with Crippen molar-refractivity contribution in [1.29, 1.82) is 0 Å². The van der Waals surface area contributed by atoms with Crippen LogP contribution in [0.5, 0.6) is 5.75 Å². The van der Waals surface area contributed by atoms with Crippen LogP contribution in [0, 0.1) is 5.82 Å². The van der Waals surface area contributed by atoms with E-state index >= 15 is 0 Å². The van der Waals surface area contributed by atoms with E-state index in [0.717, 1.165) is 0 Å². The number of nitrogens with one attached hydrogen (secondary N) is 1. The van der Waals surface area contributed by atoms with Crippen molar-refractivity contribution in [3.63, 3.8) is 0 Å². The predicted octanol–water partition coefficient (Wildman–Crippen LogP) is 3.13. The first-order valence-electron chi connectivity index (χ1n) is 6.16. The van der Waals surface area contributed by atoms with Crippen LogP contribution in [0.4, 0.5) is 10.1 Å². The summed E-state index contributed by atoms with van der Waals surface area (Å²) in [6.45, 7) is 0. The van der Waals surface area contributed by atoms with Gasteiger partial charge < -0.3 is 15.8 Å². The highest BCUT2D eigenvalue weighted by Crippen LogP contribution is 2.25. The summed E-state index contributed by atoms with van der Waals surface area (Å²) in [4.78, 5) is 11.6. The van der Waals surface area contributed by atoms with Crippen LogP contribution in [0.15, 0.2) is 42.5 Å². The number of hydrogen-bond donors (Lipinski definition) is 2. The third-order valence-corrected chi connectivity index (χ3v) is 3.25. The number of benzene rings is 2. The maximum atomic E-state index is 13.5. The molecule has 2 aromatic carbocycles. The van der Waals surface area contributed by atoms with Gasteiger partial charge in [0.2, 0.25) is 5.91 Å². The summed E-state index contributed by atoms with van der Waals surface area (Å²) in [7, 11) is 1.54. The summed E-state index contributed by atoms with van der Waals surface area (Å²) in [6, 6.07) is 10.2. The number of amides is 1. The Bertz CT molecular complexity index is 664. The molecule has 6 heteroatoms. The molecule has 0 aliphatic heterocycles. The van der Waals surface area contributed by atoms with E-state index < -0.39 is 17.8 Å². The van der Waals surface area contributed by atoms with Crippen LogP contribution in [-0.4, -0.2) is 13.0 Å². The van der Waals surface area contributed by atoms with E-state index in [2.05, 4.69) is 5.32 Å². The number of anilines is 1. The maximum Gasteiger partial charge on any atom is 0.244 e. The third kappa shape index (κ3) is 3.64. The number of carbonyl (C=O) groups is 1. The fourth-order valence-corrected chi connectivity index (χ4v) is 2.01. The second-order valence-electron chi connectivity index (χ2n) is 4.39. The molecule has 0 heterocycles. The monoisotopic (exact) mass is 308 g/mol. The van der Waals surface area contributed by atoms with Gasteiger partial charge in [0.25, 0.3) is 0 Å². The molecule has 0 saturated carbocycles. The van der Waals surface area contributed by atoms with E-state index in [4.69, 9.17) is 22.1 Å². The Morgan fingerprint density at radius 1 is 1.33 bits per heavy atom. The lowest BCUT2D eigenvalue weighted by molar-refractivity contribution is -0.118. The number of nitrogens with two attached hydrogens (primary N) is 1. The molecule has 2 rings (SSSR count). The van der Waals surface area contributed by atoms with Crippen molar-refractivity contribution in [3.8, 4) is 5.75 Å². The van der Waals surface area contributed by atoms with Crippen molar-refractivity contribution < 1.29 is 13.9 Å². The summed E-state index contributed by atoms with van der Waals surface area (Å²) in [5.74, 6) is -0.599. The zero-order valence-corrected chi connectivity index (χ0v) is 12.0. The molecule has 21 heavy (non-hydrogen) atoms. The zero-order valence-electron chi connectivity index (χ0n) is 11.3. The molecule has 0 saturated heterocycles. The first-order chi connectivity index (χ1) is 10.0. The van der Waals surface area contributed by atoms with E-state index in [1.54, 1.807) is 37.4 Å². The second-order valence-corrected chi connectivity index (χ2v) is 4.79. The van der Waals surface area contributed by atoms with E-state index in [1.165, 1.54) is 12.1 Å². The minimum Gasteiger partial charge on any atom is -0.497 e. The van der Waals surface area contributed by atoms with Crippen molar-refractivity contribution in [1.82, 2.24) is 0 Å². The van der Waals surface area contributed by atoms with Gasteiger partial charge >= 0.3 is 0 Å². The Hall–Kier alpha value is -2.27. The molecule has 0 spiro atoms. The second kappa shape index (κ2) is 6.45. The predicted molar refractivity (Wildman–Crippen MR) is 80.0 cm³/mol. The van der Waals surface area contributed by atoms with Gasteiger partial charge in [0.15, 0.2) is 0 Å². The van der Waals surface area contributed by atoms with Crippen LogP contribution < -0.4 is 15.8 Å². The van der Waals surface area contributed by atoms with E-state index in [-0.39, 0.29) is 5.02 Å². The molecule has 0 aliphatic carbocycles. The Balaban J connectivity index is 2.30.